The molecule has 0 unspecified atom stereocenters. The third kappa shape index (κ3) is 2.63. The molecule has 1 N–H and O–H groups in total. The number of rotatable bonds is 2. The first kappa shape index (κ1) is 15.0. The molecule has 4 rings (SSSR count). The third-order valence-corrected chi connectivity index (χ3v) is 3.90. The van der Waals surface area contributed by atoms with Gasteiger partial charge in [-0.15, -0.1) is 0 Å². The number of hydrogen-bond acceptors (Lipinski definition) is 4. The molecule has 1 aromatic carbocycles. The van der Waals surface area contributed by atoms with E-state index in [0.717, 1.165) is 0 Å². The minimum Gasteiger partial charge on any atom is -0.478 e. The van der Waals surface area contributed by atoms with Crippen molar-refractivity contribution >= 4 is 17.6 Å². The van der Waals surface area contributed by atoms with Crippen LogP contribution in [-0.2, 0) is 4.79 Å². The molecule has 5 nitrogen and oxygen atoms in total. The van der Waals surface area contributed by atoms with Gasteiger partial charge in [-0.25, -0.2) is 9.78 Å². The highest BCUT2D eigenvalue weighted by Crippen LogP contribution is 2.39. The molecule has 0 fully saturated rings. The minimum atomic E-state index is -1.11. The van der Waals surface area contributed by atoms with Gasteiger partial charge in [0.25, 0.3) is 0 Å². The van der Waals surface area contributed by atoms with Crippen LogP contribution < -0.4 is 4.74 Å². The second-order valence-electron chi connectivity index (χ2n) is 5.43. The minimum absolute atomic E-state index is 0.0490. The highest BCUT2D eigenvalue weighted by Gasteiger charge is 2.22. The van der Waals surface area contributed by atoms with E-state index in [1.54, 1.807) is 42.6 Å². The second-order valence-corrected chi connectivity index (χ2v) is 5.43. The molecule has 0 bridgehead atoms. The molecule has 3 aromatic rings. The maximum atomic E-state index is 14.0. The third-order valence-electron chi connectivity index (χ3n) is 3.90. The van der Waals surface area contributed by atoms with E-state index >= 15 is 0 Å². The van der Waals surface area contributed by atoms with Crippen LogP contribution in [0.1, 0.15) is 11.1 Å². The van der Waals surface area contributed by atoms with E-state index in [1.165, 1.54) is 18.5 Å². The van der Waals surface area contributed by atoms with Crippen molar-refractivity contribution in [2.45, 2.75) is 0 Å². The van der Waals surface area contributed by atoms with Crippen LogP contribution >= 0.6 is 0 Å². The monoisotopic (exact) mass is 334 g/mol. The van der Waals surface area contributed by atoms with Gasteiger partial charge in [0, 0.05) is 35.3 Å². The summed E-state index contributed by atoms with van der Waals surface area (Å²) < 4.78 is 19.8. The maximum absolute atomic E-state index is 14.0. The fourth-order valence-electron chi connectivity index (χ4n) is 2.72. The Morgan fingerprint density at radius 1 is 1.08 bits per heavy atom. The Morgan fingerprint density at radius 3 is 2.76 bits per heavy atom. The lowest BCUT2D eigenvalue weighted by Crippen LogP contribution is -2.00. The van der Waals surface area contributed by atoms with Crippen molar-refractivity contribution in [3.8, 4) is 22.6 Å². The Balaban J connectivity index is 1.93. The first-order chi connectivity index (χ1) is 12.1. The molecule has 1 aliphatic heterocycles. The molecular formula is C19H11FN2O3. The standard InChI is InChI=1S/C19H11FN2O3/c20-18-13(2-1-6-22-18)11-3-4-17-14(8-11)15(19(23)24)9-12-10-21-7-5-16(12)25-17/h1-10H,(H,23,24). The summed E-state index contributed by atoms with van der Waals surface area (Å²) in [5.74, 6) is -0.838. The zero-order valence-electron chi connectivity index (χ0n) is 12.8. The number of hydrogen-bond donors (Lipinski definition) is 1. The molecule has 0 amide bonds. The van der Waals surface area contributed by atoms with Crippen molar-refractivity contribution in [2.24, 2.45) is 0 Å². The van der Waals surface area contributed by atoms with Gasteiger partial charge in [-0.1, -0.05) is 6.07 Å². The van der Waals surface area contributed by atoms with Crippen LogP contribution in [0, 0.1) is 5.95 Å². The van der Waals surface area contributed by atoms with Gasteiger partial charge in [-0.2, -0.15) is 4.39 Å². The van der Waals surface area contributed by atoms with Crippen molar-refractivity contribution in [1.29, 1.82) is 0 Å². The number of halogens is 1. The van der Waals surface area contributed by atoms with Crippen LogP contribution in [-0.4, -0.2) is 21.0 Å². The summed E-state index contributed by atoms with van der Waals surface area (Å²) in [6.45, 7) is 0. The molecule has 1 aliphatic rings. The zero-order valence-corrected chi connectivity index (χ0v) is 12.8. The van der Waals surface area contributed by atoms with Crippen LogP contribution in [0.15, 0.2) is 55.0 Å². The van der Waals surface area contributed by atoms with E-state index in [0.29, 0.717) is 33.8 Å². The fraction of sp³-hybridized carbons (Fsp3) is 0. The number of ether oxygens (including phenoxy) is 1. The summed E-state index contributed by atoms with van der Waals surface area (Å²) in [7, 11) is 0. The SMILES string of the molecule is O=C(O)C1=Cc2cnccc2Oc2ccc(-c3cccnc3F)cc21. The van der Waals surface area contributed by atoms with Gasteiger partial charge < -0.3 is 9.84 Å². The number of carboxylic acids is 1. The van der Waals surface area contributed by atoms with Crippen molar-refractivity contribution in [3.63, 3.8) is 0 Å². The van der Waals surface area contributed by atoms with Gasteiger partial charge in [-0.3, -0.25) is 4.98 Å². The van der Waals surface area contributed by atoms with E-state index in [2.05, 4.69) is 9.97 Å². The van der Waals surface area contributed by atoms with Crippen LogP contribution in [0.4, 0.5) is 4.39 Å². The molecule has 0 saturated carbocycles. The van der Waals surface area contributed by atoms with Crippen molar-refractivity contribution in [2.75, 3.05) is 0 Å². The van der Waals surface area contributed by atoms with Gasteiger partial charge in [-0.05, 0) is 42.0 Å². The van der Waals surface area contributed by atoms with Crippen LogP contribution in [0.3, 0.4) is 0 Å². The number of pyridine rings is 2. The van der Waals surface area contributed by atoms with Crippen molar-refractivity contribution < 1.29 is 19.0 Å². The molecule has 0 aliphatic carbocycles. The molecular weight excluding hydrogens is 323 g/mol. The normalized spacial score (nSPS) is 12.3. The smallest absolute Gasteiger partial charge is 0.336 e. The molecule has 0 atom stereocenters. The summed E-state index contributed by atoms with van der Waals surface area (Å²) in [5.41, 5.74) is 1.78. The Kier molecular flexibility index (Phi) is 3.50. The molecule has 122 valence electrons. The highest BCUT2D eigenvalue weighted by molar-refractivity contribution is 6.22. The van der Waals surface area contributed by atoms with E-state index in [-0.39, 0.29) is 5.57 Å². The number of benzene rings is 1. The first-order valence-electron chi connectivity index (χ1n) is 7.45. The Labute approximate surface area is 142 Å². The highest BCUT2D eigenvalue weighted by atomic mass is 19.1. The predicted octanol–water partition coefficient (Wildman–Crippen LogP) is 4.01. The molecule has 3 heterocycles. The number of carbonyl (C=O) groups is 1. The van der Waals surface area contributed by atoms with Gasteiger partial charge in [0.15, 0.2) is 0 Å². The van der Waals surface area contributed by atoms with E-state index in [9.17, 15) is 14.3 Å². The Morgan fingerprint density at radius 2 is 1.96 bits per heavy atom. The molecule has 0 radical (unpaired) electrons. The average molecular weight is 334 g/mol. The van der Waals surface area contributed by atoms with Gasteiger partial charge in [0.1, 0.15) is 11.5 Å². The lowest BCUT2D eigenvalue weighted by Gasteiger charge is -2.11. The summed E-state index contributed by atoms with van der Waals surface area (Å²) in [6.07, 6.45) is 5.96. The number of aliphatic carboxylic acids is 1. The number of nitrogens with zero attached hydrogens (tertiary/aromatic N) is 2. The van der Waals surface area contributed by atoms with E-state index in [4.69, 9.17) is 4.74 Å². The summed E-state index contributed by atoms with van der Waals surface area (Å²) in [5, 5.41) is 9.62. The van der Waals surface area contributed by atoms with E-state index in [1.807, 2.05) is 0 Å². The van der Waals surface area contributed by atoms with Gasteiger partial charge >= 0.3 is 5.97 Å². The average Bonchev–Trinajstić information content (AvgIpc) is 2.78. The van der Waals surface area contributed by atoms with Crippen LogP contribution in [0.5, 0.6) is 11.5 Å². The van der Waals surface area contributed by atoms with E-state index < -0.39 is 11.9 Å². The largest absolute Gasteiger partial charge is 0.478 e. The molecule has 0 spiro atoms. The topological polar surface area (TPSA) is 72.3 Å². The molecule has 2 aromatic heterocycles. The van der Waals surface area contributed by atoms with Crippen molar-refractivity contribution in [3.05, 3.63) is 72.1 Å². The summed E-state index contributed by atoms with van der Waals surface area (Å²) in [4.78, 5) is 19.4. The first-order valence-corrected chi connectivity index (χ1v) is 7.45. The summed E-state index contributed by atoms with van der Waals surface area (Å²) >= 11 is 0. The lowest BCUT2D eigenvalue weighted by atomic mass is 9.98. The second kappa shape index (κ2) is 5.83. The maximum Gasteiger partial charge on any atom is 0.336 e. The Hall–Kier alpha value is -3.54. The number of carboxylic acid groups (broad SMARTS) is 1. The lowest BCUT2D eigenvalue weighted by molar-refractivity contribution is -0.130. The molecule has 0 saturated heterocycles. The number of aromatic nitrogens is 2. The number of fused-ring (bicyclic) bond motifs is 2. The summed E-state index contributed by atoms with van der Waals surface area (Å²) in [6, 6.07) is 9.76. The molecule has 6 heteroatoms. The predicted molar refractivity (Wildman–Crippen MR) is 89.4 cm³/mol. The van der Waals surface area contributed by atoms with Gasteiger partial charge in [0.2, 0.25) is 5.95 Å². The van der Waals surface area contributed by atoms with Gasteiger partial charge in [0.05, 0.1) is 5.57 Å². The van der Waals surface area contributed by atoms with Crippen molar-refractivity contribution in [1.82, 2.24) is 9.97 Å². The Bertz CT molecular complexity index is 1030. The van der Waals surface area contributed by atoms with Crippen LogP contribution in [0.2, 0.25) is 0 Å². The zero-order chi connectivity index (χ0) is 17.4. The quantitative estimate of drug-likeness (QED) is 0.717. The van der Waals surface area contributed by atoms with Crippen LogP contribution in [0.25, 0.3) is 22.8 Å². The molecule has 25 heavy (non-hydrogen) atoms. The fourth-order valence-corrected chi connectivity index (χ4v) is 2.72.